The maximum atomic E-state index is 11.0. The highest BCUT2D eigenvalue weighted by atomic mass is 35.5. The number of rotatable bonds is 3. The van der Waals surface area contributed by atoms with Gasteiger partial charge in [0, 0.05) is 30.1 Å². The Morgan fingerprint density at radius 1 is 1.25 bits per heavy atom. The first kappa shape index (κ1) is 14.6. The van der Waals surface area contributed by atoms with Gasteiger partial charge in [-0.2, -0.15) is 9.61 Å². The second-order valence-electron chi connectivity index (χ2n) is 4.64. The van der Waals surface area contributed by atoms with Gasteiger partial charge in [-0.25, -0.2) is 4.98 Å². The molecule has 0 aliphatic carbocycles. The van der Waals surface area contributed by atoms with Gasteiger partial charge in [-0.1, -0.05) is 22.9 Å². The predicted octanol–water partition coefficient (Wildman–Crippen LogP) is 2.87. The number of nitrogens with zero attached hydrogens (tertiary/aromatic N) is 7. The van der Waals surface area contributed by atoms with Crippen LogP contribution in [0.15, 0.2) is 36.8 Å². The van der Waals surface area contributed by atoms with Crippen molar-refractivity contribution in [2.45, 2.75) is 0 Å². The molecule has 0 saturated heterocycles. The quantitative estimate of drug-likeness (QED) is 0.408. The Balaban J connectivity index is 1.87. The molecule has 11 heteroatoms. The molecule has 0 amide bonds. The molecule has 4 rings (SSSR count). The van der Waals surface area contributed by atoms with E-state index in [0.29, 0.717) is 32.1 Å². The zero-order valence-electron chi connectivity index (χ0n) is 11.7. The molecule has 24 heavy (non-hydrogen) atoms. The van der Waals surface area contributed by atoms with Crippen LogP contribution in [0.25, 0.3) is 27.1 Å². The van der Waals surface area contributed by atoms with Gasteiger partial charge in [-0.3, -0.25) is 15.1 Å². The van der Waals surface area contributed by atoms with Crippen molar-refractivity contribution in [3.8, 4) is 22.1 Å². The van der Waals surface area contributed by atoms with E-state index in [-0.39, 0.29) is 5.69 Å². The van der Waals surface area contributed by atoms with Gasteiger partial charge in [-0.05, 0) is 6.07 Å². The van der Waals surface area contributed by atoms with Crippen LogP contribution in [0.1, 0.15) is 0 Å². The Hall–Kier alpha value is -2.98. The number of aromatic nitrogens is 6. The Labute approximate surface area is 142 Å². The fourth-order valence-corrected chi connectivity index (χ4v) is 3.22. The molecule has 4 aromatic rings. The van der Waals surface area contributed by atoms with Crippen LogP contribution in [0, 0.1) is 10.1 Å². The number of nitro benzene ring substituents is 1. The highest BCUT2D eigenvalue weighted by Crippen LogP contribution is 2.34. The number of hydrogen-bond acceptors (Lipinski definition) is 8. The zero-order chi connectivity index (χ0) is 16.7. The molecule has 9 nitrogen and oxygen atoms in total. The van der Waals surface area contributed by atoms with Crippen LogP contribution in [0.5, 0.6) is 0 Å². The Morgan fingerprint density at radius 3 is 2.88 bits per heavy atom. The van der Waals surface area contributed by atoms with E-state index in [9.17, 15) is 10.1 Å². The van der Waals surface area contributed by atoms with Crippen LogP contribution in [-0.2, 0) is 0 Å². The number of benzene rings is 1. The maximum Gasteiger partial charge on any atom is 0.270 e. The second kappa shape index (κ2) is 5.58. The smallest absolute Gasteiger partial charge is 0.261 e. The first-order valence-corrected chi connectivity index (χ1v) is 7.76. The van der Waals surface area contributed by atoms with Crippen LogP contribution >= 0.6 is 22.9 Å². The van der Waals surface area contributed by atoms with E-state index < -0.39 is 4.92 Å². The van der Waals surface area contributed by atoms with Crippen molar-refractivity contribution in [3.05, 3.63) is 51.9 Å². The van der Waals surface area contributed by atoms with Gasteiger partial charge >= 0.3 is 0 Å². The maximum absolute atomic E-state index is 11.0. The summed E-state index contributed by atoms with van der Waals surface area (Å²) < 4.78 is 1.51. The first-order valence-electron chi connectivity index (χ1n) is 6.56. The van der Waals surface area contributed by atoms with E-state index in [1.807, 2.05) is 0 Å². The Kier molecular flexibility index (Phi) is 3.40. The van der Waals surface area contributed by atoms with Crippen molar-refractivity contribution in [1.82, 2.24) is 29.8 Å². The van der Waals surface area contributed by atoms with Crippen LogP contribution in [-0.4, -0.2) is 34.7 Å². The molecule has 118 valence electrons. The van der Waals surface area contributed by atoms with Crippen molar-refractivity contribution in [2.75, 3.05) is 0 Å². The molecule has 0 aliphatic rings. The summed E-state index contributed by atoms with van der Waals surface area (Å²) in [5, 5.41) is 24.3. The van der Waals surface area contributed by atoms with Crippen LogP contribution in [0.3, 0.4) is 0 Å². The van der Waals surface area contributed by atoms with E-state index >= 15 is 0 Å². The molecule has 0 fully saturated rings. The van der Waals surface area contributed by atoms with Gasteiger partial charge in [-0.15, -0.1) is 10.2 Å². The number of halogens is 1. The van der Waals surface area contributed by atoms with Gasteiger partial charge in [0.15, 0.2) is 0 Å². The lowest BCUT2D eigenvalue weighted by atomic mass is 10.2. The van der Waals surface area contributed by atoms with E-state index in [1.165, 1.54) is 34.1 Å². The van der Waals surface area contributed by atoms with Crippen molar-refractivity contribution in [1.29, 1.82) is 0 Å². The van der Waals surface area contributed by atoms with E-state index in [4.69, 9.17) is 11.6 Å². The van der Waals surface area contributed by atoms with Gasteiger partial charge in [0.05, 0.1) is 16.1 Å². The average molecular weight is 360 g/mol. The number of nitro groups is 1. The number of fused-ring (bicyclic) bond motifs is 1. The van der Waals surface area contributed by atoms with Gasteiger partial charge < -0.3 is 0 Å². The third-order valence-electron chi connectivity index (χ3n) is 3.17. The highest BCUT2D eigenvalue weighted by molar-refractivity contribution is 7.19. The summed E-state index contributed by atoms with van der Waals surface area (Å²) in [5.74, 6) is 0.433. The topological polar surface area (TPSA) is 112 Å². The minimum Gasteiger partial charge on any atom is -0.261 e. The summed E-state index contributed by atoms with van der Waals surface area (Å²) in [6.45, 7) is 0. The van der Waals surface area contributed by atoms with E-state index in [0.717, 1.165) is 0 Å². The van der Waals surface area contributed by atoms with Crippen LogP contribution in [0.4, 0.5) is 5.69 Å². The molecule has 3 heterocycles. The van der Waals surface area contributed by atoms with Crippen molar-refractivity contribution in [3.63, 3.8) is 0 Å². The molecule has 0 saturated carbocycles. The lowest BCUT2D eigenvalue weighted by Crippen LogP contribution is -1.94. The number of non-ortho nitro benzene ring substituents is 1. The predicted molar refractivity (Wildman–Crippen MR) is 86.8 cm³/mol. The molecule has 0 atom stereocenters. The van der Waals surface area contributed by atoms with E-state index in [1.54, 1.807) is 18.6 Å². The monoisotopic (exact) mass is 359 g/mol. The van der Waals surface area contributed by atoms with Crippen molar-refractivity contribution >= 4 is 33.6 Å². The molecule has 0 bridgehead atoms. The third kappa shape index (κ3) is 2.37. The molecule has 0 spiro atoms. The summed E-state index contributed by atoms with van der Waals surface area (Å²) in [5.41, 5.74) is 0.924. The molecular formula is C13H6ClN7O2S. The summed E-state index contributed by atoms with van der Waals surface area (Å²) in [6.07, 6.45) is 4.65. The Bertz CT molecular complexity index is 1060. The molecule has 0 aliphatic heterocycles. The first-order chi connectivity index (χ1) is 11.6. The molecule has 0 N–H and O–H groups in total. The Morgan fingerprint density at radius 2 is 2.12 bits per heavy atom. The summed E-state index contributed by atoms with van der Waals surface area (Å²) in [6, 6.07) is 4.20. The standard InChI is InChI=1S/C13H6ClN7O2S/c14-9-2-1-7(21(22)23)5-8(9)12-19-20-11(17-18-13(20)24-12)10-6-15-3-4-16-10/h1-6H. The third-order valence-corrected chi connectivity index (χ3v) is 4.44. The lowest BCUT2D eigenvalue weighted by Gasteiger charge is -1.99. The average Bonchev–Trinajstić information content (AvgIpc) is 3.16. The zero-order valence-corrected chi connectivity index (χ0v) is 13.3. The van der Waals surface area contributed by atoms with Crippen molar-refractivity contribution < 1.29 is 4.92 Å². The molecule has 1 aromatic carbocycles. The van der Waals surface area contributed by atoms with Crippen molar-refractivity contribution in [2.24, 2.45) is 0 Å². The summed E-state index contributed by atoms with van der Waals surface area (Å²) in [4.78, 5) is 19.2. The summed E-state index contributed by atoms with van der Waals surface area (Å²) in [7, 11) is 0. The SMILES string of the molecule is O=[N+]([O-])c1ccc(Cl)c(-c2nn3c(-c4cnccn4)nnc3s2)c1. The summed E-state index contributed by atoms with van der Waals surface area (Å²) >= 11 is 7.39. The van der Waals surface area contributed by atoms with Gasteiger partial charge in [0.25, 0.3) is 5.69 Å². The minimum atomic E-state index is -0.481. The van der Waals surface area contributed by atoms with Crippen LogP contribution in [0.2, 0.25) is 5.02 Å². The molecule has 0 unspecified atom stereocenters. The lowest BCUT2D eigenvalue weighted by molar-refractivity contribution is -0.384. The van der Waals surface area contributed by atoms with Gasteiger partial charge in [0.1, 0.15) is 10.7 Å². The second-order valence-corrected chi connectivity index (χ2v) is 6.00. The molecule has 3 aromatic heterocycles. The fourth-order valence-electron chi connectivity index (χ4n) is 2.09. The van der Waals surface area contributed by atoms with E-state index in [2.05, 4.69) is 25.3 Å². The largest absolute Gasteiger partial charge is 0.270 e. The number of hydrogen-bond donors (Lipinski definition) is 0. The molecule has 0 radical (unpaired) electrons. The van der Waals surface area contributed by atoms with Gasteiger partial charge in [0.2, 0.25) is 10.8 Å². The fraction of sp³-hybridized carbons (Fsp3) is 0. The highest BCUT2D eigenvalue weighted by Gasteiger charge is 2.19. The minimum absolute atomic E-state index is 0.0606. The van der Waals surface area contributed by atoms with Crippen LogP contribution < -0.4 is 0 Å². The normalized spacial score (nSPS) is 11.0. The molecular weight excluding hydrogens is 354 g/mol.